The van der Waals surface area contributed by atoms with E-state index in [2.05, 4.69) is 16.2 Å². The second-order valence-electron chi connectivity index (χ2n) is 3.66. The summed E-state index contributed by atoms with van der Waals surface area (Å²) >= 11 is 0. The fourth-order valence-corrected chi connectivity index (χ4v) is 0.626. The molecule has 0 unspecified atom stereocenters. The molecular formula is C8H19N3O2. The first-order chi connectivity index (χ1) is 5.95. The van der Waals surface area contributed by atoms with Crippen LogP contribution in [-0.4, -0.2) is 31.8 Å². The van der Waals surface area contributed by atoms with Crippen molar-refractivity contribution < 1.29 is 9.53 Å². The third-order valence-corrected chi connectivity index (χ3v) is 1.09. The average Bonchev–Trinajstić information content (AvgIpc) is 1.94. The Balaban J connectivity index is 3.41. The molecule has 0 saturated heterocycles. The summed E-state index contributed by atoms with van der Waals surface area (Å²) in [5.74, 6) is 0. The summed E-state index contributed by atoms with van der Waals surface area (Å²) in [7, 11) is 1.84. The lowest BCUT2D eigenvalue weighted by Crippen LogP contribution is -2.43. The van der Waals surface area contributed by atoms with Crippen LogP contribution in [0.2, 0.25) is 0 Å². The number of rotatable bonds is 4. The molecule has 0 atom stereocenters. The van der Waals surface area contributed by atoms with E-state index in [4.69, 9.17) is 4.74 Å². The Morgan fingerprint density at radius 1 is 1.31 bits per heavy atom. The van der Waals surface area contributed by atoms with Crippen molar-refractivity contribution in [3.05, 3.63) is 0 Å². The zero-order valence-corrected chi connectivity index (χ0v) is 8.73. The number of hydrazine groups is 1. The van der Waals surface area contributed by atoms with Crippen LogP contribution < -0.4 is 16.2 Å². The van der Waals surface area contributed by atoms with Crippen LogP contribution >= 0.6 is 0 Å². The Morgan fingerprint density at radius 2 is 1.92 bits per heavy atom. The van der Waals surface area contributed by atoms with Crippen molar-refractivity contribution in [1.29, 1.82) is 0 Å². The molecule has 0 aromatic carbocycles. The van der Waals surface area contributed by atoms with Gasteiger partial charge < -0.3 is 10.1 Å². The number of carbonyl (C=O) groups is 1. The Labute approximate surface area is 79.2 Å². The van der Waals surface area contributed by atoms with Crippen molar-refractivity contribution >= 4 is 6.09 Å². The molecule has 0 fully saturated rings. The summed E-state index contributed by atoms with van der Waals surface area (Å²) in [5.41, 5.74) is 4.69. The number of ether oxygens (including phenoxy) is 1. The topological polar surface area (TPSA) is 62.4 Å². The standard InChI is InChI=1S/C8H19N3O2/c1-8(2,3)13-7(12)11-10-6-5-9-4/h9-10H,5-6H2,1-4H3,(H,11,12). The summed E-state index contributed by atoms with van der Waals surface area (Å²) in [6.07, 6.45) is -0.455. The second kappa shape index (κ2) is 5.77. The van der Waals surface area contributed by atoms with Crippen molar-refractivity contribution in [1.82, 2.24) is 16.2 Å². The third-order valence-electron chi connectivity index (χ3n) is 1.09. The van der Waals surface area contributed by atoms with Gasteiger partial charge in [0.05, 0.1) is 0 Å². The van der Waals surface area contributed by atoms with Gasteiger partial charge in [-0.15, -0.1) is 0 Å². The van der Waals surface area contributed by atoms with Gasteiger partial charge in [0.1, 0.15) is 5.60 Å². The lowest BCUT2D eigenvalue weighted by atomic mass is 10.2. The first kappa shape index (κ1) is 12.2. The predicted octanol–water partition coefficient (Wildman–Crippen LogP) is 0.235. The molecule has 0 spiro atoms. The van der Waals surface area contributed by atoms with Gasteiger partial charge in [0.2, 0.25) is 0 Å². The zero-order chi connectivity index (χ0) is 10.3. The summed E-state index contributed by atoms with van der Waals surface area (Å²) < 4.78 is 4.98. The van der Waals surface area contributed by atoms with Crippen LogP contribution in [0.3, 0.4) is 0 Å². The van der Waals surface area contributed by atoms with Crippen molar-refractivity contribution in [3.63, 3.8) is 0 Å². The van der Waals surface area contributed by atoms with Gasteiger partial charge in [-0.3, -0.25) is 5.43 Å². The van der Waals surface area contributed by atoms with Crippen molar-refractivity contribution in [2.75, 3.05) is 20.1 Å². The van der Waals surface area contributed by atoms with E-state index in [1.54, 1.807) is 0 Å². The molecule has 5 heteroatoms. The van der Waals surface area contributed by atoms with Crippen LogP contribution in [0, 0.1) is 0 Å². The first-order valence-electron chi connectivity index (χ1n) is 4.32. The molecule has 0 aromatic rings. The monoisotopic (exact) mass is 189 g/mol. The van der Waals surface area contributed by atoms with Crippen LogP contribution in [0.5, 0.6) is 0 Å². The molecule has 0 radical (unpaired) electrons. The van der Waals surface area contributed by atoms with Gasteiger partial charge in [-0.2, -0.15) is 0 Å². The third kappa shape index (κ3) is 9.10. The average molecular weight is 189 g/mol. The fraction of sp³-hybridized carbons (Fsp3) is 0.875. The molecular weight excluding hydrogens is 170 g/mol. The number of nitrogens with one attached hydrogen (secondary N) is 3. The number of amides is 1. The van der Waals surface area contributed by atoms with Crippen molar-refractivity contribution in [2.45, 2.75) is 26.4 Å². The largest absolute Gasteiger partial charge is 0.443 e. The lowest BCUT2D eigenvalue weighted by molar-refractivity contribution is 0.0499. The quantitative estimate of drug-likeness (QED) is 0.438. The highest BCUT2D eigenvalue weighted by Gasteiger charge is 2.15. The van der Waals surface area contributed by atoms with E-state index in [-0.39, 0.29) is 0 Å². The van der Waals surface area contributed by atoms with E-state index in [0.717, 1.165) is 6.54 Å². The van der Waals surface area contributed by atoms with Gasteiger partial charge in [0.15, 0.2) is 0 Å². The molecule has 0 aliphatic rings. The lowest BCUT2D eigenvalue weighted by Gasteiger charge is -2.19. The van der Waals surface area contributed by atoms with Crippen molar-refractivity contribution in [2.24, 2.45) is 0 Å². The summed E-state index contributed by atoms with van der Waals surface area (Å²) in [6, 6.07) is 0. The van der Waals surface area contributed by atoms with E-state index in [1.807, 2.05) is 27.8 Å². The number of hydrogen-bond acceptors (Lipinski definition) is 4. The summed E-state index contributed by atoms with van der Waals surface area (Å²) in [4.78, 5) is 11.0. The molecule has 3 N–H and O–H groups in total. The molecule has 5 nitrogen and oxygen atoms in total. The highest BCUT2D eigenvalue weighted by molar-refractivity contribution is 5.66. The van der Waals surface area contributed by atoms with E-state index in [0.29, 0.717) is 6.54 Å². The van der Waals surface area contributed by atoms with Gasteiger partial charge in [-0.25, -0.2) is 10.2 Å². The minimum absolute atomic E-state index is 0.450. The Hall–Kier alpha value is -0.810. The molecule has 13 heavy (non-hydrogen) atoms. The Bertz CT molecular complexity index is 154. The van der Waals surface area contributed by atoms with E-state index < -0.39 is 11.7 Å². The molecule has 0 bridgehead atoms. The highest BCUT2D eigenvalue weighted by atomic mass is 16.6. The number of likely N-dealkylation sites (N-methyl/N-ethyl adjacent to an activating group) is 1. The minimum atomic E-state index is -0.455. The van der Waals surface area contributed by atoms with Crippen LogP contribution in [0.15, 0.2) is 0 Å². The summed E-state index contributed by atoms with van der Waals surface area (Å²) in [5, 5.41) is 2.94. The maximum Gasteiger partial charge on any atom is 0.422 e. The smallest absolute Gasteiger partial charge is 0.422 e. The van der Waals surface area contributed by atoms with Gasteiger partial charge in [-0.1, -0.05) is 0 Å². The van der Waals surface area contributed by atoms with Crippen molar-refractivity contribution in [3.8, 4) is 0 Å². The normalized spacial score (nSPS) is 11.1. The van der Waals surface area contributed by atoms with Gasteiger partial charge in [-0.05, 0) is 27.8 Å². The van der Waals surface area contributed by atoms with Crippen LogP contribution in [-0.2, 0) is 4.74 Å². The Kier molecular flexibility index (Phi) is 5.41. The number of hydrogen-bond donors (Lipinski definition) is 3. The van der Waals surface area contributed by atoms with E-state index in [9.17, 15) is 4.79 Å². The molecule has 0 saturated carbocycles. The zero-order valence-electron chi connectivity index (χ0n) is 8.73. The maximum atomic E-state index is 11.0. The van der Waals surface area contributed by atoms with E-state index in [1.165, 1.54) is 0 Å². The molecule has 0 aliphatic carbocycles. The van der Waals surface area contributed by atoms with Gasteiger partial charge in [0.25, 0.3) is 0 Å². The molecule has 0 rings (SSSR count). The van der Waals surface area contributed by atoms with E-state index >= 15 is 0 Å². The molecule has 1 amide bonds. The molecule has 0 heterocycles. The minimum Gasteiger partial charge on any atom is -0.443 e. The fourth-order valence-electron chi connectivity index (χ4n) is 0.626. The summed E-state index contributed by atoms with van der Waals surface area (Å²) in [6.45, 7) is 6.91. The molecule has 78 valence electrons. The molecule has 0 aliphatic heterocycles. The van der Waals surface area contributed by atoms with Crippen LogP contribution in [0.1, 0.15) is 20.8 Å². The van der Waals surface area contributed by atoms with Crippen LogP contribution in [0.4, 0.5) is 4.79 Å². The molecule has 0 aromatic heterocycles. The predicted molar refractivity (Wildman–Crippen MR) is 51.3 cm³/mol. The van der Waals surface area contributed by atoms with Gasteiger partial charge >= 0.3 is 6.09 Å². The SMILES string of the molecule is CNCCNNC(=O)OC(C)(C)C. The second-order valence-corrected chi connectivity index (χ2v) is 3.66. The maximum absolute atomic E-state index is 11.0. The highest BCUT2D eigenvalue weighted by Crippen LogP contribution is 2.05. The Morgan fingerprint density at radius 3 is 2.38 bits per heavy atom. The van der Waals surface area contributed by atoms with Crippen LogP contribution in [0.25, 0.3) is 0 Å². The number of carbonyl (C=O) groups excluding carboxylic acids is 1. The van der Waals surface area contributed by atoms with Gasteiger partial charge in [0, 0.05) is 13.1 Å². The first-order valence-corrected chi connectivity index (χ1v) is 4.32.